The van der Waals surface area contributed by atoms with Gasteiger partial charge >= 0.3 is 0 Å². The van der Waals surface area contributed by atoms with Gasteiger partial charge in [0.05, 0.1) is 6.54 Å². The minimum absolute atomic E-state index is 0.0588. The lowest BCUT2D eigenvalue weighted by Gasteiger charge is -2.37. The Morgan fingerprint density at radius 2 is 1.70 bits per heavy atom. The van der Waals surface area contributed by atoms with Gasteiger partial charge in [-0.05, 0) is 12.1 Å². The van der Waals surface area contributed by atoms with Crippen molar-refractivity contribution in [1.29, 1.82) is 0 Å². The van der Waals surface area contributed by atoms with Gasteiger partial charge in [0, 0.05) is 31.9 Å². The number of benzene rings is 1. The number of carbonyl (C=O) groups is 1. The first-order chi connectivity index (χ1) is 11.3. The van der Waals surface area contributed by atoms with E-state index in [-0.39, 0.29) is 12.5 Å². The fourth-order valence-electron chi connectivity index (χ4n) is 3.03. The Morgan fingerprint density at radius 3 is 2.48 bits per heavy atom. The van der Waals surface area contributed by atoms with Gasteiger partial charge < -0.3 is 20.4 Å². The first-order valence-corrected chi connectivity index (χ1v) is 7.75. The molecule has 0 bridgehead atoms. The van der Waals surface area contributed by atoms with Crippen LogP contribution in [-0.4, -0.2) is 48.6 Å². The summed E-state index contributed by atoms with van der Waals surface area (Å²) < 4.78 is 0. The van der Waals surface area contributed by atoms with Crippen LogP contribution in [-0.2, 0) is 4.79 Å². The second-order valence-electron chi connectivity index (χ2n) is 5.63. The standard InChI is InChI=1S/C16H18N6O/c23-13-10-17-15-14(20-13)16(19-11-18-15)22-8-6-21(7-9-22)12-4-2-1-3-5-12/h1-5,11H,6-10H2,(H,20,23)(H,17,18,19). The van der Waals surface area contributed by atoms with Crippen LogP contribution in [0, 0.1) is 0 Å². The monoisotopic (exact) mass is 310 g/mol. The summed E-state index contributed by atoms with van der Waals surface area (Å²) in [7, 11) is 0. The molecule has 2 aromatic rings. The molecule has 4 rings (SSSR count). The number of nitrogens with one attached hydrogen (secondary N) is 2. The van der Waals surface area contributed by atoms with Gasteiger partial charge in [-0.25, -0.2) is 9.97 Å². The highest BCUT2D eigenvalue weighted by Gasteiger charge is 2.25. The summed E-state index contributed by atoms with van der Waals surface area (Å²) in [5.74, 6) is 1.43. The third kappa shape index (κ3) is 2.65. The van der Waals surface area contributed by atoms with Crippen molar-refractivity contribution in [3.8, 4) is 0 Å². The molecule has 1 aromatic carbocycles. The molecule has 0 radical (unpaired) electrons. The van der Waals surface area contributed by atoms with Crippen molar-refractivity contribution in [2.75, 3.05) is 53.2 Å². The quantitative estimate of drug-likeness (QED) is 0.867. The Labute approximate surface area is 134 Å². The molecule has 1 aromatic heterocycles. The molecule has 23 heavy (non-hydrogen) atoms. The second-order valence-corrected chi connectivity index (χ2v) is 5.63. The lowest BCUT2D eigenvalue weighted by Crippen LogP contribution is -2.47. The van der Waals surface area contributed by atoms with E-state index in [9.17, 15) is 4.79 Å². The molecular weight excluding hydrogens is 292 g/mol. The Morgan fingerprint density at radius 1 is 0.957 bits per heavy atom. The smallest absolute Gasteiger partial charge is 0.243 e. The van der Waals surface area contributed by atoms with Gasteiger partial charge in [-0.1, -0.05) is 18.2 Å². The summed E-state index contributed by atoms with van der Waals surface area (Å²) in [5, 5.41) is 5.91. The third-order valence-electron chi connectivity index (χ3n) is 4.21. The van der Waals surface area contributed by atoms with Gasteiger partial charge in [0.15, 0.2) is 11.6 Å². The highest BCUT2D eigenvalue weighted by molar-refractivity contribution is 6.02. The number of anilines is 4. The highest BCUT2D eigenvalue weighted by Crippen LogP contribution is 2.32. The number of fused-ring (bicyclic) bond motifs is 1. The van der Waals surface area contributed by atoms with Crippen molar-refractivity contribution in [1.82, 2.24) is 9.97 Å². The van der Waals surface area contributed by atoms with Crippen molar-refractivity contribution in [3.05, 3.63) is 36.7 Å². The van der Waals surface area contributed by atoms with Crippen LogP contribution < -0.4 is 20.4 Å². The van der Waals surface area contributed by atoms with Crippen LogP contribution in [0.5, 0.6) is 0 Å². The molecule has 1 fully saturated rings. The molecule has 1 saturated heterocycles. The normalized spacial score (nSPS) is 17.3. The molecule has 0 atom stereocenters. The maximum atomic E-state index is 11.6. The molecule has 0 saturated carbocycles. The molecular formula is C16H18N6O. The molecule has 118 valence electrons. The molecule has 3 heterocycles. The first kappa shape index (κ1) is 13.8. The van der Waals surface area contributed by atoms with Crippen molar-refractivity contribution in [2.24, 2.45) is 0 Å². The summed E-state index contributed by atoms with van der Waals surface area (Å²) in [5.41, 5.74) is 1.93. The van der Waals surface area contributed by atoms with Crippen LogP contribution in [0.3, 0.4) is 0 Å². The summed E-state index contributed by atoms with van der Waals surface area (Å²) >= 11 is 0. The van der Waals surface area contributed by atoms with Crippen LogP contribution in [0.4, 0.5) is 23.0 Å². The zero-order valence-electron chi connectivity index (χ0n) is 12.7. The second kappa shape index (κ2) is 5.75. The lowest BCUT2D eigenvalue weighted by atomic mass is 10.2. The van der Waals surface area contributed by atoms with Crippen LogP contribution in [0.15, 0.2) is 36.7 Å². The van der Waals surface area contributed by atoms with E-state index in [0.29, 0.717) is 11.5 Å². The van der Waals surface area contributed by atoms with Crippen LogP contribution in [0.2, 0.25) is 0 Å². The number of rotatable bonds is 2. The molecule has 2 N–H and O–H groups in total. The molecule has 7 heteroatoms. The van der Waals surface area contributed by atoms with E-state index in [1.54, 1.807) is 6.33 Å². The summed E-state index contributed by atoms with van der Waals surface area (Å²) in [6.07, 6.45) is 1.54. The first-order valence-electron chi connectivity index (χ1n) is 7.75. The van der Waals surface area contributed by atoms with E-state index in [1.807, 2.05) is 6.07 Å². The van der Waals surface area contributed by atoms with Gasteiger partial charge in [0.25, 0.3) is 0 Å². The van der Waals surface area contributed by atoms with Crippen molar-refractivity contribution in [2.45, 2.75) is 0 Å². The maximum Gasteiger partial charge on any atom is 0.243 e. The molecule has 1 amide bonds. The van der Waals surface area contributed by atoms with E-state index in [1.165, 1.54) is 5.69 Å². The van der Waals surface area contributed by atoms with E-state index < -0.39 is 0 Å². The van der Waals surface area contributed by atoms with Gasteiger partial charge in [0.1, 0.15) is 12.0 Å². The number of aromatic nitrogens is 2. The SMILES string of the molecule is O=C1CNc2ncnc(N3CCN(c4ccccc4)CC3)c2N1. The van der Waals surface area contributed by atoms with Gasteiger partial charge in [-0.3, -0.25) is 4.79 Å². The van der Waals surface area contributed by atoms with Crippen LogP contribution in [0.25, 0.3) is 0 Å². The molecule has 2 aliphatic heterocycles. The number of amides is 1. The predicted octanol–water partition coefficient (Wildman–Crippen LogP) is 1.17. The van der Waals surface area contributed by atoms with E-state index >= 15 is 0 Å². The number of carbonyl (C=O) groups excluding carboxylic acids is 1. The Hall–Kier alpha value is -2.83. The van der Waals surface area contributed by atoms with E-state index in [2.05, 4.69) is 54.7 Å². The van der Waals surface area contributed by atoms with Crippen LogP contribution >= 0.6 is 0 Å². The Balaban J connectivity index is 1.52. The third-order valence-corrected chi connectivity index (χ3v) is 4.21. The lowest BCUT2D eigenvalue weighted by molar-refractivity contribution is -0.114. The fourth-order valence-corrected chi connectivity index (χ4v) is 3.03. The minimum Gasteiger partial charge on any atom is -0.368 e. The van der Waals surface area contributed by atoms with E-state index in [0.717, 1.165) is 32.0 Å². The maximum absolute atomic E-state index is 11.6. The minimum atomic E-state index is -0.0588. The van der Waals surface area contributed by atoms with Crippen molar-refractivity contribution >= 4 is 28.9 Å². The number of hydrogen-bond acceptors (Lipinski definition) is 6. The Kier molecular flexibility index (Phi) is 3.45. The average molecular weight is 310 g/mol. The largest absolute Gasteiger partial charge is 0.368 e. The zero-order valence-corrected chi connectivity index (χ0v) is 12.7. The average Bonchev–Trinajstić information content (AvgIpc) is 2.62. The zero-order chi connectivity index (χ0) is 15.6. The number of para-hydroxylation sites is 1. The molecule has 0 unspecified atom stereocenters. The van der Waals surface area contributed by atoms with Crippen molar-refractivity contribution in [3.63, 3.8) is 0 Å². The van der Waals surface area contributed by atoms with Crippen LogP contribution in [0.1, 0.15) is 0 Å². The predicted molar refractivity (Wildman–Crippen MR) is 90.0 cm³/mol. The van der Waals surface area contributed by atoms with Crippen molar-refractivity contribution < 1.29 is 4.79 Å². The highest BCUT2D eigenvalue weighted by atomic mass is 16.2. The molecule has 2 aliphatic rings. The number of hydrogen-bond donors (Lipinski definition) is 2. The van der Waals surface area contributed by atoms with Gasteiger partial charge in [0.2, 0.25) is 5.91 Å². The fraction of sp³-hybridized carbons (Fsp3) is 0.312. The molecule has 0 spiro atoms. The summed E-state index contributed by atoms with van der Waals surface area (Å²) in [6, 6.07) is 10.4. The Bertz CT molecular complexity index is 712. The number of piperazine rings is 1. The molecule has 0 aliphatic carbocycles. The summed E-state index contributed by atoms with van der Waals surface area (Å²) in [6.45, 7) is 3.81. The topological polar surface area (TPSA) is 73.4 Å². The summed E-state index contributed by atoms with van der Waals surface area (Å²) in [4.78, 5) is 24.8. The van der Waals surface area contributed by atoms with Gasteiger partial charge in [-0.2, -0.15) is 0 Å². The van der Waals surface area contributed by atoms with E-state index in [4.69, 9.17) is 0 Å². The number of nitrogens with zero attached hydrogens (tertiary/aromatic N) is 4. The van der Waals surface area contributed by atoms with Gasteiger partial charge in [-0.15, -0.1) is 0 Å². The molecule has 7 nitrogen and oxygen atoms in total.